The third kappa shape index (κ3) is 2.58. The Hall–Kier alpha value is -0.850. The summed E-state index contributed by atoms with van der Waals surface area (Å²) in [7, 11) is 0. The number of hydrogen-bond acceptors (Lipinski definition) is 1. The Morgan fingerprint density at radius 3 is 2.40 bits per heavy atom. The van der Waals surface area contributed by atoms with Crippen molar-refractivity contribution in [2.24, 2.45) is 0 Å². The Labute approximate surface area is 95.6 Å². The molecule has 0 aromatic heterocycles. The second kappa shape index (κ2) is 3.96. The van der Waals surface area contributed by atoms with E-state index in [2.05, 4.69) is 60.9 Å². The molecule has 2 aromatic carbocycles. The Bertz CT molecular complexity index is 525. The molecule has 0 aliphatic carbocycles. The molecule has 2 aromatic rings. The zero-order valence-corrected chi connectivity index (χ0v) is 10.6. The summed E-state index contributed by atoms with van der Waals surface area (Å²) in [5.41, 5.74) is 1.15. The summed E-state index contributed by atoms with van der Waals surface area (Å²) in [6.07, 6.45) is -1.41. The van der Waals surface area contributed by atoms with Gasteiger partial charge in [-0.2, -0.15) is 0 Å². The largest absolute Gasteiger partial charge is 0.357 e. The van der Waals surface area contributed by atoms with Crippen molar-refractivity contribution < 1.29 is 0 Å². The highest BCUT2D eigenvalue weighted by atomic mass is 32.4. The monoisotopic (exact) mass is 235 g/mol. The molecule has 0 saturated carbocycles. The van der Waals surface area contributed by atoms with Crippen LogP contribution in [0.25, 0.3) is 10.8 Å². The Kier molecular flexibility index (Phi) is 2.81. The summed E-state index contributed by atoms with van der Waals surface area (Å²) in [4.78, 5) is 0. The van der Waals surface area contributed by atoms with Crippen LogP contribution in [0.1, 0.15) is 0 Å². The first-order chi connectivity index (χ1) is 7.06. The van der Waals surface area contributed by atoms with Crippen molar-refractivity contribution in [1.29, 1.82) is 0 Å². The topological polar surface area (TPSA) is 12.0 Å². The fraction of sp³-hybridized carbons (Fsp3) is 0.167. The fourth-order valence-electron chi connectivity index (χ4n) is 1.61. The maximum Gasteiger partial charge on any atom is 0.0457 e. The van der Waals surface area contributed by atoms with E-state index in [1.54, 1.807) is 0 Å². The van der Waals surface area contributed by atoms with Crippen molar-refractivity contribution in [1.82, 2.24) is 0 Å². The van der Waals surface area contributed by atoms with Gasteiger partial charge in [0.25, 0.3) is 0 Å². The second-order valence-electron chi connectivity index (χ2n) is 3.99. The van der Waals surface area contributed by atoms with Crippen molar-refractivity contribution >= 4 is 34.5 Å². The van der Waals surface area contributed by atoms with E-state index in [0.717, 1.165) is 5.69 Å². The third-order valence-electron chi connectivity index (χ3n) is 2.18. The van der Waals surface area contributed by atoms with Gasteiger partial charge in [-0.25, -0.2) is 0 Å². The lowest BCUT2D eigenvalue weighted by Gasteiger charge is -2.16. The first-order valence-corrected chi connectivity index (χ1v) is 8.57. The van der Waals surface area contributed by atoms with Crippen molar-refractivity contribution in [3.8, 4) is 0 Å². The number of fused-ring (bicyclic) bond motifs is 1. The van der Waals surface area contributed by atoms with Crippen LogP contribution in [0.15, 0.2) is 42.5 Å². The van der Waals surface area contributed by atoms with Crippen molar-refractivity contribution in [2.75, 3.05) is 18.4 Å². The van der Waals surface area contributed by atoms with E-state index < -0.39 is 6.19 Å². The average molecular weight is 235 g/mol. The summed E-state index contributed by atoms with van der Waals surface area (Å²) in [5, 5.41) is 5.95. The summed E-state index contributed by atoms with van der Waals surface area (Å²) in [6, 6.07) is 14.6. The lowest BCUT2D eigenvalue weighted by Crippen LogP contribution is -1.93. The maximum absolute atomic E-state index is 5.43. The number of hydrogen-bond donors (Lipinski definition) is 1. The molecule has 78 valence electrons. The molecular formula is C12H14NPS. The van der Waals surface area contributed by atoms with E-state index >= 15 is 0 Å². The van der Waals surface area contributed by atoms with Crippen LogP contribution < -0.4 is 5.09 Å². The fourth-order valence-corrected chi connectivity index (χ4v) is 2.68. The molecule has 0 unspecified atom stereocenters. The zero-order valence-electron chi connectivity index (χ0n) is 8.90. The van der Waals surface area contributed by atoms with Crippen molar-refractivity contribution in [3.63, 3.8) is 0 Å². The van der Waals surface area contributed by atoms with E-state index in [1.807, 2.05) is 0 Å². The molecule has 0 bridgehead atoms. The molecular weight excluding hydrogens is 221 g/mol. The lowest BCUT2D eigenvalue weighted by atomic mass is 10.1. The SMILES string of the molecule is CP(C)(=S)Nc1cccc2ccccc12. The summed E-state index contributed by atoms with van der Waals surface area (Å²) < 4.78 is 0. The minimum atomic E-state index is -1.41. The van der Waals surface area contributed by atoms with Crippen LogP contribution in [0.4, 0.5) is 5.69 Å². The normalized spacial score (nSPS) is 11.6. The molecule has 1 nitrogen and oxygen atoms in total. The predicted molar refractivity (Wildman–Crippen MR) is 73.7 cm³/mol. The summed E-state index contributed by atoms with van der Waals surface area (Å²) in [6.45, 7) is 4.20. The van der Waals surface area contributed by atoms with Gasteiger partial charge in [-0.05, 0) is 24.8 Å². The van der Waals surface area contributed by atoms with Crippen LogP contribution in [0.3, 0.4) is 0 Å². The molecule has 0 aliphatic rings. The Balaban J connectivity index is 2.56. The van der Waals surface area contributed by atoms with E-state index in [4.69, 9.17) is 11.8 Å². The molecule has 0 aliphatic heterocycles. The summed E-state index contributed by atoms with van der Waals surface area (Å²) >= 11 is 5.43. The number of nitrogens with one attached hydrogen (secondary N) is 1. The molecule has 3 heteroatoms. The standard InChI is InChI=1S/C12H14NPS/c1-14(2,15)13-12-9-5-7-10-6-3-4-8-11(10)12/h3-9H,1-2H3,(H,13,15). The lowest BCUT2D eigenvalue weighted by molar-refractivity contribution is 1.71. The van der Waals surface area contributed by atoms with Gasteiger partial charge in [0.15, 0.2) is 0 Å². The number of anilines is 1. The molecule has 0 fully saturated rings. The van der Waals surface area contributed by atoms with Crippen LogP contribution in [0.5, 0.6) is 0 Å². The minimum absolute atomic E-state index is 1.15. The molecule has 0 amide bonds. The van der Waals surface area contributed by atoms with Crippen LogP contribution >= 0.6 is 6.19 Å². The Morgan fingerprint density at radius 1 is 1.00 bits per heavy atom. The van der Waals surface area contributed by atoms with E-state index in [1.165, 1.54) is 10.8 Å². The van der Waals surface area contributed by atoms with Gasteiger partial charge < -0.3 is 5.09 Å². The quantitative estimate of drug-likeness (QED) is 0.792. The van der Waals surface area contributed by atoms with Crippen LogP contribution in [0.2, 0.25) is 0 Å². The van der Waals surface area contributed by atoms with Crippen LogP contribution in [0, 0.1) is 0 Å². The smallest absolute Gasteiger partial charge is 0.0457 e. The first-order valence-electron chi connectivity index (χ1n) is 4.87. The average Bonchev–Trinajstić information content (AvgIpc) is 2.16. The summed E-state index contributed by atoms with van der Waals surface area (Å²) in [5.74, 6) is 0. The van der Waals surface area contributed by atoms with Gasteiger partial charge in [0.05, 0.1) is 0 Å². The van der Waals surface area contributed by atoms with E-state index in [-0.39, 0.29) is 0 Å². The second-order valence-corrected chi connectivity index (χ2v) is 9.65. The van der Waals surface area contributed by atoms with Crippen LogP contribution in [-0.4, -0.2) is 13.3 Å². The number of rotatable bonds is 2. The third-order valence-corrected chi connectivity index (χ3v) is 3.23. The molecule has 15 heavy (non-hydrogen) atoms. The van der Waals surface area contributed by atoms with Crippen molar-refractivity contribution in [3.05, 3.63) is 42.5 Å². The van der Waals surface area contributed by atoms with Gasteiger partial charge >= 0.3 is 0 Å². The van der Waals surface area contributed by atoms with Crippen LogP contribution in [-0.2, 0) is 11.8 Å². The van der Waals surface area contributed by atoms with Gasteiger partial charge in [0, 0.05) is 17.3 Å². The molecule has 0 heterocycles. The van der Waals surface area contributed by atoms with E-state index in [9.17, 15) is 0 Å². The highest BCUT2D eigenvalue weighted by molar-refractivity contribution is 8.14. The first kappa shape index (κ1) is 10.7. The number of benzene rings is 2. The molecule has 1 N–H and O–H groups in total. The maximum atomic E-state index is 5.43. The van der Waals surface area contributed by atoms with Gasteiger partial charge in [-0.1, -0.05) is 48.2 Å². The highest BCUT2D eigenvalue weighted by Crippen LogP contribution is 2.39. The van der Waals surface area contributed by atoms with Gasteiger partial charge in [-0.3, -0.25) is 0 Å². The van der Waals surface area contributed by atoms with E-state index in [0.29, 0.717) is 0 Å². The van der Waals surface area contributed by atoms with Gasteiger partial charge in [-0.15, -0.1) is 0 Å². The predicted octanol–water partition coefficient (Wildman–Crippen LogP) is 3.91. The minimum Gasteiger partial charge on any atom is -0.357 e. The van der Waals surface area contributed by atoms with Gasteiger partial charge in [0.2, 0.25) is 0 Å². The van der Waals surface area contributed by atoms with Gasteiger partial charge in [0.1, 0.15) is 0 Å². The highest BCUT2D eigenvalue weighted by Gasteiger charge is 2.04. The molecule has 0 radical (unpaired) electrons. The van der Waals surface area contributed by atoms with Crippen molar-refractivity contribution in [2.45, 2.75) is 0 Å². The zero-order chi connectivity index (χ0) is 10.9. The Morgan fingerprint density at radius 2 is 1.67 bits per heavy atom. The molecule has 0 atom stereocenters. The molecule has 0 spiro atoms. The molecule has 2 rings (SSSR count). The molecule has 0 saturated heterocycles.